The number of H-pyrrole nitrogens is 1. The SMILES string of the molecule is C[C@H]1CC[C@H](c2ccc3sc(C4COC4)nc3c2)N(C(=O)C(=O)Nc2cncc3cn[nH]c23)C1. The number of carbonyl (C=O) groups excluding carboxylic acids is 2. The molecule has 34 heavy (non-hydrogen) atoms. The summed E-state index contributed by atoms with van der Waals surface area (Å²) >= 11 is 1.70. The summed E-state index contributed by atoms with van der Waals surface area (Å²) in [5, 5.41) is 11.4. The number of aromatic amines is 1. The third kappa shape index (κ3) is 3.72. The van der Waals surface area contributed by atoms with Gasteiger partial charge in [0.05, 0.1) is 59.0 Å². The van der Waals surface area contributed by atoms with E-state index in [9.17, 15) is 9.59 Å². The second kappa shape index (κ2) is 8.44. The van der Waals surface area contributed by atoms with Gasteiger partial charge >= 0.3 is 11.8 Å². The summed E-state index contributed by atoms with van der Waals surface area (Å²) in [5.74, 6) is -0.519. The number of pyridine rings is 1. The quantitative estimate of drug-likeness (QED) is 0.437. The zero-order valence-electron chi connectivity index (χ0n) is 18.7. The number of hydrogen-bond donors (Lipinski definition) is 2. The normalized spacial score (nSPS) is 21.0. The molecule has 0 spiro atoms. The van der Waals surface area contributed by atoms with Gasteiger partial charge in [0.2, 0.25) is 0 Å². The third-order valence-corrected chi connectivity index (χ3v) is 7.88. The molecule has 2 N–H and O–H groups in total. The molecule has 2 amide bonds. The Kier molecular flexibility index (Phi) is 5.26. The molecule has 2 saturated heterocycles. The first-order chi connectivity index (χ1) is 16.6. The zero-order valence-corrected chi connectivity index (χ0v) is 19.5. The van der Waals surface area contributed by atoms with Crippen LogP contribution in [0.15, 0.2) is 36.8 Å². The number of benzene rings is 1. The number of piperidine rings is 1. The Morgan fingerprint density at radius 2 is 2.09 bits per heavy atom. The topological polar surface area (TPSA) is 113 Å². The van der Waals surface area contributed by atoms with E-state index in [2.05, 4.69) is 45.6 Å². The van der Waals surface area contributed by atoms with E-state index in [0.29, 0.717) is 29.6 Å². The molecule has 2 aliphatic heterocycles. The Hall–Kier alpha value is -3.37. The maximum absolute atomic E-state index is 13.3. The molecule has 174 valence electrons. The monoisotopic (exact) mass is 476 g/mol. The summed E-state index contributed by atoms with van der Waals surface area (Å²) < 4.78 is 6.44. The van der Waals surface area contributed by atoms with Crippen LogP contribution in [0, 0.1) is 5.92 Å². The summed E-state index contributed by atoms with van der Waals surface area (Å²) in [5.41, 5.74) is 3.03. The third-order valence-electron chi connectivity index (χ3n) is 6.68. The Morgan fingerprint density at radius 1 is 1.21 bits per heavy atom. The summed E-state index contributed by atoms with van der Waals surface area (Å²) in [7, 11) is 0. The van der Waals surface area contributed by atoms with Gasteiger partial charge in [0.25, 0.3) is 0 Å². The van der Waals surface area contributed by atoms with E-state index in [1.807, 2.05) is 0 Å². The number of aromatic nitrogens is 4. The van der Waals surface area contributed by atoms with Crippen molar-refractivity contribution in [1.29, 1.82) is 0 Å². The van der Waals surface area contributed by atoms with Crippen molar-refractivity contribution in [2.75, 3.05) is 25.1 Å². The molecule has 0 aliphatic carbocycles. The Bertz CT molecular complexity index is 1390. The molecule has 5 heterocycles. The first kappa shape index (κ1) is 21.2. The molecule has 3 aromatic heterocycles. The van der Waals surface area contributed by atoms with Crippen LogP contribution in [-0.4, -0.2) is 56.6 Å². The van der Waals surface area contributed by atoms with Crippen molar-refractivity contribution in [1.82, 2.24) is 25.1 Å². The van der Waals surface area contributed by atoms with Crippen LogP contribution in [0.4, 0.5) is 5.69 Å². The molecule has 0 saturated carbocycles. The molecule has 1 aromatic carbocycles. The number of amides is 2. The van der Waals surface area contributed by atoms with Crippen LogP contribution < -0.4 is 5.32 Å². The largest absolute Gasteiger partial charge is 0.380 e. The van der Waals surface area contributed by atoms with E-state index in [1.165, 1.54) is 6.20 Å². The van der Waals surface area contributed by atoms with Gasteiger partial charge in [0, 0.05) is 18.1 Å². The fourth-order valence-electron chi connectivity index (χ4n) is 4.71. The minimum Gasteiger partial charge on any atom is -0.380 e. The van der Waals surface area contributed by atoms with E-state index >= 15 is 0 Å². The van der Waals surface area contributed by atoms with Crippen LogP contribution in [0.25, 0.3) is 21.1 Å². The first-order valence-electron chi connectivity index (χ1n) is 11.4. The minimum absolute atomic E-state index is 0.169. The van der Waals surface area contributed by atoms with Crippen molar-refractivity contribution in [3.05, 3.63) is 47.4 Å². The van der Waals surface area contributed by atoms with E-state index in [-0.39, 0.29) is 6.04 Å². The molecule has 9 nitrogen and oxygen atoms in total. The molecule has 0 unspecified atom stereocenters. The first-order valence-corrected chi connectivity index (χ1v) is 12.3. The van der Waals surface area contributed by atoms with Crippen LogP contribution in [0.3, 0.4) is 0 Å². The number of carbonyl (C=O) groups is 2. The van der Waals surface area contributed by atoms with Crippen LogP contribution >= 0.6 is 11.3 Å². The van der Waals surface area contributed by atoms with Gasteiger partial charge in [-0.05, 0) is 36.5 Å². The summed E-state index contributed by atoms with van der Waals surface area (Å²) in [6.07, 6.45) is 6.59. The molecule has 2 fully saturated rings. The van der Waals surface area contributed by atoms with Gasteiger partial charge in [-0.2, -0.15) is 5.10 Å². The number of thiazole rings is 1. The number of hydrogen-bond acceptors (Lipinski definition) is 7. The number of rotatable bonds is 3. The highest BCUT2D eigenvalue weighted by Crippen LogP contribution is 2.37. The average Bonchev–Trinajstić information content (AvgIpc) is 3.44. The van der Waals surface area contributed by atoms with Crippen LogP contribution in [0.1, 0.15) is 42.3 Å². The Balaban J connectivity index is 1.26. The molecular formula is C24H24N6O3S. The molecule has 6 rings (SSSR count). The summed E-state index contributed by atoms with van der Waals surface area (Å²) in [6, 6.07) is 6.05. The zero-order chi connectivity index (χ0) is 23.2. The second-order valence-corrected chi connectivity index (χ2v) is 10.2. The van der Waals surface area contributed by atoms with Gasteiger partial charge in [-0.3, -0.25) is 19.7 Å². The minimum atomic E-state index is -0.676. The van der Waals surface area contributed by atoms with Crippen molar-refractivity contribution >= 4 is 50.0 Å². The molecule has 0 bridgehead atoms. The van der Waals surface area contributed by atoms with Gasteiger partial charge < -0.3 is 15.0 Å². The summed E-state index contributed by atoms with van der Waals surface area (Å²) in [4.78, 5) is 37.0. The molecular weight excluding hydrogens is 452 g/mol. The Morgan fingerprint density at radius 3 is 2.91 bits per heavy atom. The second-order valence-electron chi connectivity index (χ2n) is 9.14. The lowest BCUT2D eigenvalue weighted by Gasteiger charge is -2.38. The van der Waals surface area contributed by atoms with Gasteiger partial charge in [-0.1, -0.05) is 13.0 Å². The van der Waals surface area contributed by atoms with Gasteiger partial charge in [0.1, 0.15) is 5.01 Å². The Labute approximate surface area is 199 Å². The number of ether oxygens (including phenoxy) is 1. The molecule has 4 aromatic rings. The predicted octanol–water partition coefficient (Wildman–Crippen LogP) is 3.62. The number of anilines is 1. The van der Waals surface area contributed by atoms with Crippen LogP contribution in [0.5, 0.6) is 0 Å². The smallest absolute Gasteiger partial charge is 0.314 e. The van der Waals surface area contributed by atoms with Crippen molar-refractivity contribution in [3.8, 4) is 0 Å². The van der Waals surface area contributed by atoms with Crippen molar-refractivity contribution < 1.29 is 14.3 Å². The van der Waals surface area contributed by atoms with Crippen LogP contribution in [-0.2, 0) is 14.3 Å². The number of fused-ring (bicyclic) bond motifs is 2. The van der Waals surface area contributed by atoms with Gasteiger partial charge in [-0.25, -0.2) is 4.98 Å². The summed E-state index contributed by atoms with van der Waals surface area (Å²) in [6.45, 7) is 4.10. The molecule has 2 atom stereocenters. The lowest BCUT2D eigenvalue weighted by molar-refractivity contribution is -0.146. The van der Waals surface area contributed by atoms with Gasteiger partial charge in [0.15, 0.2) is 0 Å². The lowest BCUT2D eigenvalue weighted by Crippen LogP contribution is -2.46. The fourth-order valence-corrected chi connectivity index (χ4v) is 5.73. The highest BCUT2D eigenvalue weighted by molar-refractivity contribution is 7.18. The van der Waals surface area contributed by atoms with E-state index in [0.717, 1.165) is 52.2 Å². The predicted molar refractivity (Wildman–Crippen MR) is 129 cm³/mol. The van der Waals surface area contributed by atoms with Crippen molar-refractivity contribution in [2.24, 2.45) is 5.92 Å². The molecule has 0 radical (unpaired) electrons. The fraction of sp³-hybridized carbons (Fsp3) is 0.375. The van der Waals surface area contributed by atoms with Gasteiger partial charge in [-0.15, -0.1) is 11.3 Å². The number of likely N-dealkylation sites (tertiary alicyclic amines) is 1. The lowest BCUT2D eigenvalue weighted by atomic mass is 9.89. The van der Waals surface area contributed by atoms with Crippen LogP contribution in [0.2, 0.25) is 0 Å². The molecule has 2 aliphatic rings. The van der Waals surface area contributed by atoms with Crippen molar-refractivity contribution in [3.63, 3.8) is 0 Å². The van der Waals surface area contributed by atoms with E-state index in [4.69, 9.17) is 9.72 Å². The highest BCUT2D eigenvalue weighted by atomic mass is 32.1. The standard InChI is InChI=1S/C24H24N6O3S/c1-13-2-4-19(14-3-5-20-17(6-14)28-23(34-20)16-11-33-12-16)30(10-13)24(32)22(31)27-18-9-25-7-15-8-26-29-21(15)18/h3,5-9,13,16,19H,2,4,10-12H2,1H3,(H,26,29)(H,27,31)/t13-,19+/m0/s1. The van der Waals surface area contributed by atoms with E-state index < -0.39 is 11.8 Å². The van der Waals surface area contributed by atoms with E-state index in [1.54, 1.807) is 28.6 Å². The highest BCUT2D eigenvalue weighted by Gasteiger charge is 2.35. The maximum atomic E-state index is 13.3. The molecule has 10 heteroatoms. The number of nitrogens with zero attached hydrogens (tertiary/aromatic N) is 4. The maximum Gasteiger partial charge on any atom is 0.314 e. The average molecular weight is 477 g/mol. The van der Waals surface area contributed by atoms with Crippen molar-refractivity contribution in [2.45, 2.75) is 31.7 Å². The number of nitrogens with one attached hydrogen (secondary N) is 2.